The van der Waals surface area contributed by atoms with Crippen molar-refractivity contribution in [1.82, 2.24) is 15.1 Å². The molecule has 1 atom stereocenters. The smallest absolute Gasteiger partial charge is 0.146 e. The zero-order valence-electron chi connectivity index (χ0n) is 12.4. The number of aryl methyl sites for hydroxylation is 1. The van der Waals surface area contributed by atoms with Crippen LogP contribution in [0.5, 0.6) is 0 Å². The van der Waals surface area contributed by atoms with Crippen LogP contribution in [0.25, 0.3) is 0 Å². The molecule has 1 unspecified atom stereocenters. The average Bonchev–Trinajstić information content (AvgIpc) is 2.94. The van der Waals surface area contributed by atoms with Crippen LogP contribution in [0.3, 0.4) is 0 Å². The Bertz CT molecular complexity index is 583. The zero-order chi connectivity index (χ0) is 15.2. The fourth-order valence-corrected chi connectivity index (χ4v) is 2.50. The second-order valence-corrected chi connectivity index (χ2v) is 5.47. The molecule has 1 aromatic carbocycles. The number of rotatable bonds is 7. The second-order valence-electron chi connectivity index (χ2n) is 5.06. The molecule has 2 rings (SSSR count). The van der Waals surface area contributed by atoms with Gasteiger partial charge in [0.25, 0.3) is 0 Å². The van der Waals surface area contributed by atoms with Gasteiger partial charge < -0.3 is 5.32 Å². The van der Waals surface area contributed by atoms with Gasteiger partial charge in [-0.25, -0.2) is 4.39 Å². The lowest BCUT2D eigenvalue weighted by Gasteiger charge is -2.19. The van der Waals surface area contributed by atoms with Gasteiger partial charge in [0.05, 0.1) is 11.2 Å². The lowest BCUT2D eigenvalue weighted by molar-refractivity contribution is 0.497. The summed E-state index contributed by atoms with van der Waals surface area (Å²) in [4.78, 5) is 0. The molecule has 0 saturated heterocycles. The Balaban J connectivity index is 2.23. The Morgan fingerprint density at radius 2 is 2.19 bits per heavy atom. The first-order valence-electron chi connectivity index (χ1n) is 7.34. The van der Waals surface area contributed by atoms with E-state index >= 15 is 0 Å². The van der Waals surface area contributed by atoms with Crippen LogP contribution in [0.4, 0.5) is 4.39 Å². The van der Waals surface area contributed by atoms with E-state index in [0.717, 1.165) is 25.1 Å². The third-order valence-electron chi connectivity index (χ3n) is 3.45. The zero-order valence-corrected chi connectivity index (χ0v) is 13.2. The molecule has 0 aliphatic heterocycles. The molecule has 0 aliphatic carbocycles. The second kappa shape index (κ2) is 7.57. The van der Waals surface area contributed by atoms with Gasteiger partial charge in [0.1, 0.15) is 5.82 Å². The van der Waals surface area contributed by atoms with E-state index < -0.39 is 0 Å². The van der Waals surface area contributed by atoms with E-state index in [2.05, 4.69) is 17.3 Å². The molecule has 0 amide bonds. The number of aromatic nitrogens is 2. The van der Waals surface area contributed by atoms with Crippen LogP contribution < -0.4 is 5.32 Å². The molecule has 1 heterocycles. The summed E-state index contributed by atoms with van der Waals surface area (Å²) in [5, 5.41) is 7.83. The van der Waals surface area contributed by atoms with Crippen molar-refractivity contribution in [1.29, 1.82) is 0 Å². The van der Waals surface area contributed by atoms with Gasteiger partial charge in [0, 0.05) is 24.3 Å². The van der Waals surface area contributed by atoms with Crippen LogP contribution in [0, 0.1) is 5.82 Å². The molecule has 5 heteroatoms. The van der Waals surface area contributed by atoms with Gasteiger partial charge in [0.2, 0.25) is 0 Å². The summed E-state index contributed by atoms with van der Waals surface area (Å²) < 4.78 is 16.1. The number of hydrogen-bond donors (Lipinski definition) is 1. The number of nitrogens with zero attached hydrogens (tertiary/aromatic N) is 2. The molecule has 3 nitrogen and oxygen atoms in total. The number of hydrogen-bond acceptors (Lipinski definition) is 2. The van der Waals surface area contributed by atoms with E-state index in [1.165, 1.54) is 0 Å². The van der Waals surface area contributed by atoms with Crippen molar-refractivity contribution in [3.8, 4) is 0 Å². The molecule has 0 spiro atoms. The largest absolute Gasteiger partial charge is 0.310 e. The van der Waals surface area contributed by atoms with Crippen LogP contribution in [-0.2, 0) is 13.0 Å². The van der Waals surface area contributed by atoms with Crippen molar-refractivity contribution in [2.75, 3.05) is 6.54 Å². The van der Waals surface area contributed by atoms with Gasteiger partial charge in [-0.15, -0.1) is 0 Å². The van der Waals surface area contributed by atoms with E-state index in [4.69, 9.17) is 11.6 Å². The normalized spacial score (nSPS) is 12.6. The lowest BCUT2D eigenvalue weighted by atomic mass is 10.00. The molecule has 2 aromatic rings. The highest BCUT2D eigenvalue weighted by atomic mass is 35.5. The van der Waals surface area contributed by atoms with E-state index in [9.17, 15) is 4.39 Å². The van der Waals surface area contributed by atoms with Crippen molar-refractivity contribution in [3.05, 3.63) is 52.6 Å². The number of halogens is 2. The Morgan fingerprint density at radius 1 is 1.38 bits per heavy atom. The van der Waals surface area contributed by atoms with Crippen LogP contribution in [-0.4, -0.2) is 16.3 Å². The minimum Gasteiger partial charge on any atom is -0.310 e. The summed E-state index contributed by atoms with van der Waals surface area (Å²) in [5.74, 6) is -0.337. The fraction of sp³-hybridized carbons (Fsp3) is 0.438. The maximum absolute atomic E-state index is 14.3. The molecule has 1 aromatic heterocycles. The molecular formula is C16H21ClFN3. The fourth-order valence-electron chi connectivity index (χ4n) is 2.32. The third-order valence-corrected chi connectivity index (χ3v) is 3.74. The Hall–Kier alpha value is -1.39. The van der Waals surface area contributed by atoms with Crippen LogP contribution >= 0.6 is 11.6 Å². The predicted octanol–water partition coefficient (Wildman–Crippen LogP) is 3.98. The summed E-state index contributed by atoms with van der Waals surface area (Å²) in [6, 6.07) is 5.06. The topological polar surface area (TPSA) is 29.9 Å². The molecular weight excluding hydrogens is 289 g/mol. The monoisotopic (exact) mass is 309 g/mol. The van der Waals surface area contributed by atoms with Crippen molar-refractivity contribution in [3.63, 3.8) is 0 Å². The summed E-state index contributed by atoms with van der Waals surface area (Å²) in [6.45, 7) is 5.80. The van der Waals surface area contributed by atoms with Crippen molar-refractivity contribution in [2.24, 2.45) is 0 Å². The maximum Gasteiger partial charge on any atom is 0.146 e. The van der Waals surface area contributed by atoms with Crippen LogP contribution in [0.15, 0.2) is 30.6 Å². The first kappa shape index (κ1) is 16.0. The third kappa shape index (κ3) is 4.05. The minimum absolute atomic E-state index is 0.0989. The minimum atomic E-state index is -0.337. The summed E-state index contributed by atoms with van der Waals surface area (Å²) in [5.41, 5.74) is 1.70. The van der Waals surface area contributed by atoms with Gasteiger partial charge >= 0.3 is 0 Å². The van der Waals surface area contributed by atoms with E-state index in [1.54, 1.807) is 18.2 Å². The quantitative estimate of drug-likeness (QED) is 0.838. The summed E-state index contributed by atoms with van der Waals surface area (Å²) in [7, 11) is 0. The molecule has 0 aliphatic rings. The van der Waals surface area contributed by atoms with Crippen LogP contribution in [0.2, 0.25) is 5.02 Å². The van der Waals surface area contributed by atoms with Crippen molar-refractivity contribution in [2.45, 2.75) is 39.3 Å². The van der Waals surface area contributed by atoms with E-state index in [1.807, 2.05) is 24.0 Å². The molecule has 1 N–H and O–H groups in total. The molecule has 0 fully saturated rings. The first-order valence-corrected chi connectivity index (χ1v) is 7.72. The van der Waals surface area contributed by atoms with Crippen LogP contribution in [0.1, 0.15) is 37.4 Å². The standard InChI is InChI=1S/C16H21ClFN3/c1-3-8-19-15(9-12-10-20-21(4-2)11-12)13-6-5-7-14(17)16(13)18/h5-7,10-11,15,19H,3-4,8-9H2,1-2H3. The highest BCUT2D eigenvalue weighted by Gasteiger charge is 2.18. The average molecular weight is 310 g/mol. The van der Waals surface area contributed by atoms with Gasteiger partial charge in [-0.2, -0.15) is 5.10 Å². The Kier molecular flexibility index (Phi) is 5.76. The highest BCUT2D eigenvalue weighted by molar-refractivity contribution is 6.30. The van der Waals surface area contributed by atoms with E-state index in [-0.39, 0.29) is 16.9 Å². The summed E-state index contributed by atoms with van der Waals surface area (Å²) >= 11 is 5.90. The SMILES string of the molecule is CCCNC(Cc1cnn(CC)c1)c1cccc(Cl)c1F. The molecule has 0 radical (unpaired) electrons. The van der Waals surface area contributed by atoms with Crippen molar-refractivity contribution >= 4 is 11.6 Å². The lowest BCUT2D eigenvalue weighted by Crippen LogP contribution is -2.25. The van der Waals surface area contributed by atoms with Gasteiger partial charge in [0.15, 0.2) is 0 Å². The van der Waals surface area contributed by atoms with Gasteiger partial charge in [-0.1, -0.05) is 30.7 Å². The predicted molar refractivity (Wildman–Crippen MR) is 84.0 cm³/mol. The Labute approximate surface area is 130 Å². The molecule has 114 valence electrons. The van der Waals surface area contributed by atoms with Gasteiger partial charge in [-0.05, 0) is 37.9 Å². The maximum atomic E-state index is 14.3. The van der Waals surface area contributed by atoms with Crippen molar-refractivity contribution < 1.29 is 4.39 Å². The molecule has 0 saturated carbocycles. The van der Waals surface area contributed by atoms with E-state index in [0.29, 0.717) is 12.0 Å². The highest BCUT2D eigenvalue weighted by Crippen LogP contribution is 2.26. The number of nitrogens with one attached hydrogen (secondary N) is 1. The number of benzene rings is 1. The first-order chi connectivity index (χ1) is 10.2. The summed E-state index contributed by atoms with van der Waals surface area (Å²) in [6.07, 6.45) is 5.53. The van der Waals surface area contributed by atoms with Gasteiger partial charge in [-0.3, -0.25) is 4.68 Å². The Morgan fingerprint density at radius 3 is 2.86 bits per heavy atom. The molecule has 21 heavy (non-hydrogen) atoms. The molecule has 0 bridgehead atoms.